The molecule has 7 nitrogen and oxygen atoms in total. The fourth-order valence-electron chi connectivity index (χ4n) is 1.31. The number of ether oxygens (including phenoxy) is 1. The molecular formula is C8H16N4O3S. The predicted octanol–water partition coefficient (Wildman–Crippen LogP) is -0.898. The van der Waals surface area contributed by atoms with Gasteiger partial charge in [0, 0.05) is 20.2 Å². The van der Waals surface area contributed by atoms with E-state index in [0.29, 0.717) is 18.0 Å². The van der Waals surface area contributed by atoms with E-state index in [0.717, 1.165) is 0 Å². The summed E-state index contributed by atoms with van der Waals surface area (Å²) >= 11 is 0. The van der Waals surface area contributed by atoms with E-state index >= 15 is 0 Å². The Kier molecular flexibility index (Phi) is 4.42. The molecule has 0 aliphatic rings. The van der Waals surface area contributed by atoms with Gasteiger partial charge in [0.2, 0.25) is 10.0 Å². The molecule has 0 fully saturated rings. The van der Waals surface area contributed by atoms with Gasteiger partial charge in [-0.2, -0.15) is 5.10 Å². The zero-order chi connectivity index (χ0) is 12.2. The van der Waals surface area contributed by atoms with Crippen molar-refractivity contribution >= 4 is 10.0 Å². The number of hydrogen-bond acceptors (Lipinski definition) is 5. The molecule has 1 aromatic heterocycles. The second-order valence-corrected chi connectivity index (χ2v) is 4.92. The number of nitrogens with two attached hydrogens (primary N) is 1. The van der Waals surface area contributed by atoms with Gasteiger partial charge < -0.3 is 10.5 Å². The summed E-state index contributed by atoms with van der Waals surface area (Å²) in [5, 5.41) is 6.43. The number of nitrogens with one attached hydrogen (secondary N) is 2. The first kappa shape index (κ1) is 13.1. The summed E-state index contributed by atoms with van der Waals surface area (Å²) in [6.45, 7) is 2.24. The van der Waals surface area contributed by atoms with Crippen molar-refractivity contribution in [1.82, 2.24) is 14.9 Å². The molecular weight excluding hydrogens is 232 g/mol. The molecule has 0 aliphatic heterocycles. The molecule has 1 heterocycles. The number of nitrogens with zero attached hydrogens (tertiary/aromatic N) is 1. The summed E-state index contributed by atoms with van der Waals surface area (Å²) in [6, 6.07) is 0. The first-order valence-corrected chi connectivity index (χ1v) is 6.23. The maximum atomic E-state index is 11.9. The van der Waals surface area contributed by atoms with Crippen LogP contribution in [-0.2, 0) is 21.3 Å². The molecule has 92 valence electrons. The molecule has 1 rings (SSSR count). The van der Waals surface area contributed by atoms with Crippen LogP contribution in [-0.4, -0.2) is 38.9 Å². The van der Waals surface area contributed by atoms with Crippen molar-refractivity contribution in [2.24, 2.45) is 5.73 Å². The van der Waals surface area contributed by atoms with Crippen molar-refractivity contribution in [2.45, 2.75) is 18.4 Å². The fraction of sp³-hybridized carbons (Fsp3) is 0.625. The van der Waals surface area contributed by atoms with Gasteiger partial charge in [0.15, 0.2) is 0 Å². The SMILES string of the molecule is COCCNS(=O)(=O)c1c(CN)n[nH]c1C. The van der Waals surface area contributed by atoms with Crippen LogP contribution in [0, 0.1) is 6.92 Å². The molecule has 16 heavy (non-hydrogen) atoms. The van der Waals surface area contributed by atoms with Crippen LogP contribution >= 0.6 is 0 Å². The van der Waals surface area contributed by atoms with E-state index in [-0.39, 0.29) is 18.0 Å². The lowest BCUT2D eigenvalue weighted by molar-refractivity contribution is 0.204. The Bertz CT molecular complexity index is 440. The Balaban J connectivity index is 2.93. The Morgan fingerprint density at radius 3 is 2.81 bits per heavy atom. The molecule has 8 heteroatoms. The highest BCUT2D eigenvalue weighted by atomic mass is 32.2. The van der Waals surface area contributed by atoms with Crippen LogP contribution in [0.25, 0.3) is 0 Å². The average Bonchev–Trinajstić information content (AvgIpc) is 2.60. The minimum Gasteiger partial charge on any atom is -0.383 e. The lowest BCUT2D eigenvalue weighted by Gasteiger charge is -2.06. The van der Waals surface area contributed by atoms with E-state index in [1.807, 2.05) is 0 Å². The van der Waals surface area contributed by atoms with E-state index in [1.54, 1.807) is 6.92 Å². The lowest BCUT2D eigenvalue weighted by Crippen LogP contribution is -2.28. The highest BCUT2D eigenvalue weighted by Gasteiger charge is 2.22. The summed E-state index contributed by atoms with van der Waals surface area (Å²) < 4.78 is 30.9. The number of aromatic nitrogens is 2. The van der Waals surface area contributed by atoms with Crippen molar-refractivity contribution in [3.8, 4) is 0 Å². The number of methoxy groups -OCH3 is 1. The number of hydrogen-bond donors (Lipinski definition) is 3. The number of aromatic amines is 1. The fourth-order valence-corrected chi connectivity index (χ4v) is 2.70. The third-order valence-corrected chi connectivity index (χ3v) is 3.69. The first-order valence-electron chi connectivity index (χ1n) is 4.75. The predicted molar refractivity (Wildman–Crippen MR) is 58.3 cm³/mol. The van der Waals surface area contributed by atoms with Gasteiger partial charge in [-0.05, 0) is 6.92 Å². The minimum absolute atomic E-state index is 0.0743. The van der Waals surface area contributed by atoms with Gasteiger partial charge in [0.25, 0.3) is 0 Å². The maximum absolute atomic E-state index is 11.9. The Labute approximate surface area is 94.4 Å². The third-order valence-electron chi connectivity index (χ3n) is 2.02. The molecule has 0 aliphatic carbocycles. The van der Waals surface area contributed by atoms with Crippen LogP contribution in [0.2, 0.25) is 0 Å². The van der Waals surface area contributed by atoms with Crippen LogP contribution < -0.4 is 10.5 Å². The van der Waals surface area contributed by atoms with Gasteiger partial charge in [-0.15, -0.1) is 0 Å². The first-order chi connectivity index (χ1) is 7.53. The molecule has 0 amide bonds. The molecule has 4 N–H and O–H groups in total. The van der Waals surface area contributed by atoms with E-state index in [9.17, 15) is 8.42 Å². The van der Waals surface area contributed by atoms with E-state index in [2.05, 4.69) is 14.9 Å². The molecule has 0 spiro atoms. The number of H-pyrrole nitrogens is 1. The third kappa shape index (κ3) is 2.79. The number of rotatable bonds is 6. The Hall–Kier alpha value is -0.960. The van der Waals surface area contributed by atoms with E-state index < -0.39 is 10.0 Å². The van der Waals surface area contributed by atoms with Gasteiger partial charge in [-0.25, -0.2) is 13.1 Å². The standard InChI is InChI=1S/C8H16N4O3S/c1-6-8(7(5-9)12-11-6)16(13,14)10-3-4-15-2/h10H,3-5,9H2,1-2H3,(H,11,12). The van der Waals surface area contributed by atoms with Gasteiger partial charge in [0.05, 0.1) is 18.0 Å². The van der Waals surface area contributed by atoms with E-state index in [4.69, 9.17) is 10.5 Å². The summed E-state index contributed by atoms with van der Waals surface area (Å²) in [7, 11) is -2.06. The molecule has 1 aromatic rings. The maximum Gasteiger partial charge on any atom is 0.244 e. The van der Waals surface area contributed by atoms with Crippen LogP contribution in [0.15, 0.2) is 4.90 Å². The van der Waals surface area contributed by atoms with Gasteiger partial charge in [-0.3, -0.25) is 5.10 Å². The molecule has 0 unspecified atom stereocenters. The highest BCUT2D eigenvalue weighted by Crippen LogP contribution is 2.16. The average molecular weight is 248 g/mol. The molecule has 0 bridgehead atoms. The van der Waals surface area contributed by atoms with E-state index in [1.165, 1.54) is 7.11 Å². The summed E-state index contributed by atoms with van der Waals surface area (Å²) in [6.07, 6.45) is 0. The van der Waals surface area contributed by atoms with Gasteiger partial charge >= 0.3 is 0 Å². The molecule has 0 atom stereocenters. The normalized spacial score (nSPS) is 11.9. The largest absolute Gasteiger partial charge is 0.383 e. The number of sulfonamides is 1. The van der Waals surface area contributed by atoms with Crippen LogP contribution in [0.3, 0.4) is 0 Å². The van der Waals surface area contributed by atoms with Crippen molar-refractivity contribution in [3.05, 3.63) is 11.4 Å². The monoisotopic (exact) mass is 248 g/mol. The molecule has 0 radical (unpaired) electrons. The Morgan fingerprint density at radius 2 is 2.25 bits per heavy atom. The quantitative estimate of drug-likeness (QED) is 0.565. The minimum atomic E-state index is -3.57. The topological polar surface area (TPSA) is 110 Å². The van der Waals surface area contributed by atoms with Gasteiger partial charge in [-0.1, -0.05) is 0 Å². The Morgan fingerprint density at radius 1 is 1.56 bits per heavy atom. The van der Waals surface area contributed by atoms with Crippen LogP contribution in [0.5, 0.6) is 0 Å². The molecule has 0 saturated carbocycles. The molecule has 0 aromatic carbocycles. The van der Waals surface area contributed by atoms with Crippen molar-refractivity contribution in [1.29, 1.82) is 0 Å². The second-order valence-electron chi connectivity index (χ2n) is 3.22. The zero-order valence-electron chi connectivity index (χ0n) is 9.28. The zero-order valence-corrected chi connectivity index (χ0v) is 10.1. The summed E-state index contributed by atoms with van der Waals surface area (Å²) in [5.41, 5.74) is 6.23. The highest BCUT2D eigenvalue weighted by molar-refractivity contribution is 7.89. The lowest BCUT2D eigenvalue weighted by atomic mass is 10.4. The summed E-state index contributed by atoms with van der Waals surface area (Å²) in [4.78, 5) is 0.131. The summed E-state index contributed by atoms with van der Waals surface area (Å²) in [5.74, 6) is 0. The number of aryl methyl sites for hydroxylation is 1. The second kappa shape index (κ2) is 5.39. The van der Waals surface area contributed by atoms with Crippen molar-refractivity contribution in [3.63, 3.8) is 0 Å². The van der Waals surface area contributed by atoms with Crippen LogP contribution in [0.1, 0.15) is 11.4 Å². The van der Waals surface area contributed by atoms with Crippen molar-refractivity contribution < 1.29 is 13.2 Å². The molecule has 0 saturated heterocycles. The van der Waals surface area contributed by atoms with Gasteiger partial charge in [0.1, 0.15) is 4.90 Å². The van der Waals surface area contributed by atoms with Crippen molar-refractivity contribution in [2.75, 3.05) is 20.3 Å². The van der Waals surface area contributed by atoms with Crippen LogP contribution in [0.4, 0.5) is 0 Å². The smallest absolute Gasteiger partial charge is 0.244 e.